The van der Waals surface area contributed by atoms with Gasteiger partial charge in [-0.25, -0.2) is 0 Å². The fraction of sp³-hybridized carbons (Fsp3) is 0.368. The van der Waals surface area contributed by atoms with Gasteiger partial charge in [-0.2, -0.15) is 0 Å². The molecule has 0 saturated carbocycles. The molecule has 2 rings (SSSR count). The second-order valence-corrected chi connectivity index (χ2v) is 6.15. The molecule has 1 unspecified atom stereocenters. The molecule has 2 aromatic carbocycles. The minimum atomic E-state index is 0.146. The molecule has 0 bridgehead atoms. The maximum atomic E-state index is 5.85. The summed E-state index contributed by atoms with van der Waals surface area (Å²) in [7, 11) is 0. The monoisotopic (exact) mass is 282 g/mol. The van der Waals surface area contributed by atoms with Crippen LogP contribution in [0.1, 0.15) is 45.0 Å². The van der Waals surface area contributed by atoms with Crippen molar-refractivity contribution >= 4 is 0 Å². The number of nitrogens with one attached hydrogen (secondary N) is 1. The van der Waals surface area contributed by atoms with E-state index in [1.165, 1.54) is 38.9 Å². The van der Waals surface area contributed by atoms with Crippen molar-refractivity contribution in [2.75, 3.05) is 0 Å². The van der Waals surface area contributed by atoms with Crippen LogP contribution in [-0.2, 0) is 6.42 Å². The maximum Gasteiger partial charge on any atom is 0.0505 e. The minimum absolute atomic E-state index is 0.146. The van der Waals surface area contributed by atoms with E-state index in [9.17, 15) is 0 Å². The number of rotatable bonds is 4. The smallest absolute Gasteiger partial charge is 0.0505 e. The number of nitrogens with two attached hydrogens (primary N) is 1. The van der Waals surface area contributed by atoms with Crippen molar-refractivity contribution in [3.8, 4) is 0 Å². The van der Waals surface area contributed by atoms with Crippen LogP contribution in [0, 0.1) is 34.6 Å². The average Bonchev–Trinajstić information content (AvgIpc) is 2.40. The summed E-state index contributed by atoms with van der Waals surface area (Å²) < 4.78 is 0. The van der Waals surface area contributed by atoms with Crippen LogP contribution in [0.15, 0.2) is 30.3 Å². The molecule has 1 atom stereocenters. The summed E-state index contributed by atoms with van der Waals surface area (Å²) in [6.45, 7) is 10.8. The van der Waals surface area contributed by atoms with Gasteiger partial charge in [-0.3, -0.25) is 11.3 Å². The van der Waals surface area contributed by atoms with Gasteiger partial charge in [0.05, 0.1) is 6.04 Å². The van der Waals surface area contributed by atoms with Gasteiger partial charge in [0.25, 0.3) is 0 Å². The fourth-order valence-corrected chi connectivity index (χ4v) is 3.15. The number of benzene rings is 2. The number of aryl methyl sites for hydroxylation is 5. The quantitative estimate of drug-likeness (QED) is 0.657. The van der Waals surface area contributed by atoms with Gasteiger partial charge in [0.15, 0.2) is 0 Å². The Labute approximate surface area is 128 Å². The standard InChI is InChI=1S/C19H26N2/c1-12-8-15(4)19(16(5)9-12)18(21-20)11-17-7-6-13(2)14(3)10-17/h6-10,18,21H,11,20H2,1-5H3. The summed E-state index contributed by atoms with van der Waals surface area (Å²) in [6.07, 6.45) is 0.905. The van der Waals surface area contributed by atoms with Gasteiger partial charge >= 0.3 is 0 Å². The van der Waals surface area contributed by atoms with E-state index < -0.39 is 0 Å². The molecule has 3 N–H and O–H groups in total. The zero-order chi connectivity index (χ0) is 15.6. The van der Waals surface area contributed by atoms with Crippen LogP contribution in [-0.4, -0.2) is 0 Å². The van der Waals surface area contributed by atoms with Gasteiger partial charge < -0.3 is 0 Å². The summed E-state index contributed by atoms with van der Waals surface area (Å²) >= 11 is 0. The molecule has 2 nitrogen and oxygen atoms in total. The Morgan fingerprint density at radius 2 is 1.48 bits per heavy atom. The molecule has 0 amide bonds. The third-order valence-electron chi connectivity index (χ3n) is 4.30. The predicted octanol–water partition coefficient (Wildman–Crippen LogP) is 3.98. The SMILES string of the molecule is Cc1cc(C)c(C(Cc2ccc(C)c(C)c2)NN)c(C)c1. The first-order valence-corrected chi connectivity index (χ1v) is 7.52. The van der Waals surface area contributed by atoms with Gasteiger partial charge in [0, 0.05) is 0 Å². The molecule has 0 aromatic heterocycles. The van der Waals surface area contributed by atoms with Gasteiger partial charge in [-0.1, -0.05) is 35.9 Å². The summed E-state index contributed by atoms with van der Waals surface area (Å²) in [4.78, 5) is 0. The Balaban J connectivity index is 2.34. The van der Waals surface area contributed by atoms with Crippen LogP contribution >= 0.6 is 0 Å². The summed E-state index contributed by atoms with van der Waals surface area (Å²) in [5.41, 5.74) is 12.2. The molecule has 2 heteroatoms. The number of hydrogen-bond acceptors (Lipinski definition) is 2. The molecule has 0 aliphatic carbocycles. The number of hydrazine groups is 1. The van der Waals surface area contributed by atoms with Gasteiger partial charge in [0.1, 0.15) is 0 Å². The zero-order valence-electron chi connectivity index (χ0n) is 13.7. The molecular formula is C19H26N2. The second kappa shape index (κ2) is 6.42. The lowest BCUT2D eigenvalue weighted by molar-refractivity contribution is 0.546. The van der Waals surface area contributed by atoms with Crippen molar-refractivity contribution in [2.45, 2.75) is 47.1 Å². The Bertz CT molecular complexity index is 621. The number of hydrogen-bond donors (Lipinski definition) is 2. The van der Waals surface area contributed by atoms with Crippen molar-refractivity contribution in [1.82, 2.24) is 5.43 Å². The van der Waals surface area contributed by atoms with E-state index in [0.717, 1.165) is 6.42 Å². The molecule has 2 aromatic rings. The van der Waals surface area contributed by atoms with Crippen molar-refractivity contribution in [3.63, 3.8) is 0 Å². The molecule has 0 saturated heterocycles. The van der Waals surface area contributed by atoms with Crippen molar-refractivity contribution in [2.24, 2.45) is 5.84 Å². The highest BCUT2D eigenvalue weighted by atomic mass is 15.2. The fourth-order valence-electron chi connectivity index (χ4n) is 3.15. The summed E-state index contributed by atoms with van der Waals surface area (Å²) in [5.74, 6) is 5.85. The van der Waals surface area contributed by atoms with Crippen molar-refractivity contribution < 1.29 is 0 Å². The van der Waals surface area contributed by atoms with Crippen LogP contribution in [0.25, 0.3) is 0 Å². The molecule has 21 heavy (non-hydrogen) atoms. The van der Waals surface area contributed by atoms with E-state index in [0.29, 0.717) is 0 Å². The van der Waals surface area contributed by atoms with Gasteiger partial charge in [-0.15, -0.1) is 0 Å². The molecule has 0 heterocycles. The zero-order valence-corrected chi connectivity index (χ0v) is 13.7. The van der Waals surface area contributed by atoms with E-state index in [1.54, 1.807) is 0 Å². The topological polar surface area (TPSA) is 38.0 Å². The van der Waals surface area contributed by atoms with Crippen molar-refractivity contribution in [3.05, 3.63) is 69.3 Å². The third kappa shape index (κ3) is 3.52. The largest absolute Gasteiger partial charge is 0.271 e. The molecule has 0 spiro atoms. The lowest BCUT2D eigenvalue weighted by atomic mass is 9.90. The lowest BCUT2D eigenvalue weighted by Gasteiger charge is -2.22. The third-order valence-corrected chi connectivity index (χ3v) is 4.30. The van der Waals surface area contributed by atoms with E-state index in [2.05, 4.69) is 70.4 Å². The van der Waals surface area contributed by atoms with E-state index in [4.69, 9.17) is 5.84 Å². The average molecular weight is 282 g/mol. The minimum Gasteiger partial charge on any atom is -0.271 e. The lowest BCUT2D eigenvalue weighted by Crippen LogP contribution is -2.30. The highest BCUT2D eigenvalue weighted by Crippen LogP contribution is 2.26. The normalized spacial score (nSPS) is 12.5. The van der Waals surface area contributed by atoms with Crippen LogP contribution < -0.4 is 11.3 Å². The van der Waals surface area contributed by atoms with E-state index in [-0.39, 0.29) is 6.04 Å². The molecule has 0 aliphatic rings. The van der Waals surface area contributed by atoms with E-state index in [1.807, 2.05) is 0 Å². The summed E-state index contributed by atoms with van der Waals surface area (Å²) in [5, 5.41) is 0. The van der Waals surface area contributed by atoms with Crippen LogP contribution in [0.4, 0.5) is 0 Å². The molecule has 112 valence electrons. The van der Waals surface area contributed by atoms with Crippen LogP contribution in [0.3, 0.4) is 0 Å². The second-order valence-electron chi connectivity index (χ2n) is 6.15. The summed E-state index contributed by atoms with van der Waals surface area (Å²) in [6, 6.07) is 11.3. The Morgan fingerprint density at radius 3 is 2.00 bits per heavy atom. The van der Waals surface area contributed by atoms with Gasteiger partial charge in [0.2, 0.25) is 0 Å². The first kappa shape index (κ1) is 15.7. The van der Waals surface area contributed by atoms with E-state index >= 15 is 0 Å². The van der Waals surface area contributed by atoms with Crippen LogP contribution in [0.5, 0.6) is 0 Å². The van der Waals surface area contributed by atoms with Crippen molar-refractivity contribution in [1.29, 1.82) is 0 Å². The first-order chi connectivity index (χ1) is 9.92. The first-order valence-electron chi connectivity index (χ1n) is 7.52. The van der Waals surface area contributed by atoms with Gasteiger partial charge in [-0.05, 0) is 74.4 Å². The van der Waals surface area contributed by atoms with Crippen LogP contribution in [0.2, 0.25) is 0 Å². The molecule has 0 aliphatic heterocycles. The highest BCUT2D eigenvalue weighted by Gasteiger charge is 2.16. The maximum absolute atomic E-state index is 5.85. The molecule has 0 fully saturated rings. The Kier molecular flexibility index (Phi) is 4.81. The highest BCUT2D eigenvalue weighted by molar-refractivity contribution is 5.41. The predicted molar refractivity (Wildman–Crippen MR) is 90.3 cm³/mol. The Morgan fingerprint density at radius 1 is 0.857 bits per heavy atom. The Hall–Kier alpha value is -1.64. The molecule has 0 radical (unpaired) electrons. The molecular weight excluding hydrogens is 256 g/mol.